The zero-order valence-corrected chi connectivity index (χ0v) is 12.9. The maximum Gasteiger partial charge on any atom is 0.0771 e. The molecule has 3 nitrogen and oxygen atoms in total. The van der Waals surface area contributed by atoms with Gasteiger partial charge < -0.3 is 15.3 Å². The highest BCUT2D eigenvalue weighted by Gasteiger charge is 2.27. The van der Waals surface area contributed by atoms with Gasteiger partial charge in [-0.25, -0.2) is 0 Å². The monoisotopic (exact) mass is 276 g/mol. The van der Waals surface area contributed by atoms with Crippen LogP contribution in [0.15, 0.2) is 24.3 Å². The Morgan fingerprint density at radius 1 is 1.05 bits per heavy atom. The van der Waals surface area contributed by atoms with Gasteiger partial charge in [0.1, 0.15) is 0 Å². The standard InChI is InChI=1S/C17H28N2O/c1-19(2)16-9-7-15(8-10-16)13-18-14-17(20)11-5-3-4-6-12-17/h7-10,18,20H,3-6,11-14H2,1-2H3. The molecule has 0 atom stereocenters. The molecule has 1 aromatic rings. The van der Waals surface area contributed by atoms with Crippen LogP contribution in [0.1, 0.15) is 44.1 Å². The third-order valence-electron chi connectivity index (χ3n) is 4.27. The van der Waals surface area contributed by atoms with Crippen LogP contribution < -0.4 is 10.2 Å². The summed E-state index contributed by atoms with van der Waals surface area (Å²) >= 11 is 0. The molecule has 0 heterocycles. The molecule has 1 saturated carbocycles. The van der Waals surface area contributed by atoms with Crippen molar-refractivity contribution in [1.29, 1.82) is 0 Å². The molecule has 1 aliphatic carbocycles. The fourth-order valence-electron chi connectivity index (χ4n) is 2.91. The smallest absolute Gasteiger partial charge is 0.0771 e. The molecule has 0 spiro atoms. The molecule has 2 rings (SSSR count). The molecular formula is C17H28N2O. The van der Waals surface area contributed by atoms with E-state index >= 15 is 0 Å². The lowest BCUT2D eigenvalue weighted by Crippen LogP contribution is -2.39. The Morgan fingerprint density at radius 3 is 2.20 bits per heavy atom. The van der Waals surface area contributed by atoms with E-state index in [1.165, 1.54) is 24.1 Å². The normalized spacial score (nSPS) is 18.6. The van der Waals surface area contributed by atoms with Crippen LogP contribution in [-0.2, 0) is 6.54 Å². The molecular weight excluding hydrogens is 248 g/mol. The summed E-state index contributed by atoms with van der Waals surface area (Å²) in [7, 11) is 4.10. The fraction of sp³-hybridized carbons (Fsp3) is 0.647. The van der Waals surface area contributed by atoms with E-state index in [2.05, 4.69) is 48.6 Å². The summed E-state index contributed by atoms with van der Waals surface area (Å²) in [6, 6.07) is 8.58. The van der Waals surface area contributed by atoms with Gasteiger partial charge >= 0.3 is 0 Å². The topological polar surface area (TPSA) is 35.5 Å². The van der Waals surface area contributed by atoms with E-state index in [1.807, 2.05) is 0 Å². The number of rotatable bonds is 5. The van der Waals surface area contributed by atoms with Gasteiger partial charge in [-0.05, 0) is 30.5 Å². The Bertz CT molecular complexity index is 392. The molecule has 0 saturated heterocycles. The van der Waals surface area contributed by atoms with E-state index in [-0.39, 0.29) is 0 Å². The molecule has 112 valence electrons. The summed E-state index contributed by atoms with van der Waals surface area (Å²) in [6.45, 7) is 1.54. The van der Waals surface area contributed by atoms with Gasteiger partial charge in [0.2, 0.25) is 0 Å². The van der Waals surface area contributed by atoms with E-state index in [4.69, 9.17) is 0 Å². The Balaban J connectivity index is 1.79. The lowest BCUT2D eigenvalue weighted by atomic mass is 9.94. The van der Waals surface area contributed by atoms with Gasteiger partial charge in [0.15, 0.2) is 0 Å². The Kier molecular flexibility index (Phi) is 5.44. The van der Waals surface area contributed by atoms with Crippen molar-refractivity contribution in [2.45, 2.75) is 50.7 Å². The number of nitrogens with zero attached hydrogens (tertiary/aromatic N) is 1. The van der Waals surface area contributed by atoms with Crippen molar-refractivity contribution in [3.05, 3.63) is 29.8 Å². The molecule has 2 N–H and O–H groups in total. The van der Waals surface area contributed by atoms with Gasteiger partial charge in [0.25, 0.3) is 0 Å². The molecule has 1 aromatic carbocycles. The lowest BCUT2D eigenvalue weighted by Gasteiger charge is -2.27. The average Bonchev–Trinajstić information content (AvgIpc) is 2.64. The van der Waals surface area contributed by atoms with Crippen molar-refractivity contribution in [2.24, 2.45) is 0 Å². The highest BCUT2D eigenvalue weighted by atomic mass is 16.3. The average molecular weight is 276 g/mol. The first-order valence-corrected chi connectivity index (χ1v) is 7.78. The molecule has 1 fully saturated rings. The highest BCUT2D eigenvalue weighted by molar-refractivity contribution is 5.45. The SMILES string of the molecule is CN(C)c1ccc(CNCC2(O)CCCCCC2)cc1. The summed E-state index contributed by atoms with van der Waals surface area (Å²) in [5.41, 5.74) is 2.00. The van der Waals surface area contributed by atoms with Crippen LogP contribution in [0, 0.1) is 0 Å². The number of anilines is 1. The molecule has 0 aliphatic heterocycles. The Morgan fingerprint density at radius 2 is 1.65 bits per heavy atom. The summed E-state index contributed by atoms with van der Waals surface area (Å²) < 4.78 is 0. The minimum atomic E-state index is -0.486. The first-order chi connectivity index (χ1) is 9.59. The predicted molar refractivity (Wildman–Crippen MR) is 85.1 cm³/mol. The van der Waals surface area contributed by atoms with Crippen molar-refractivity contribution in [2.75, 3.05) is 25.5 Å². The van der Waals surface area contributed by atoms with Gasteiger partial charge in [0.05, 0.1) is 5.60 Å². The molecule has 0 aromatic heterocycles. The Labute approximate surface area is 123 Å². The first kappa shape index (κ1) is 15.3. The largest absolute Gasteiger partial charge is 0.389 e. The maximum absolute atomic E-state index is 10.6. The van der Waals surface area contributed by atoms with Crippen molar-refractivity contribution >= 4 is 5.69 Å². The van der Waals surface area contributed by atoms with Crippen LogP contribution in [0.3, 0.4) is 0 Å². The van der Waals surface area contributed by atoms with Crippen molar-refractivity contribution in [1.82, 2.24) is 5.32 Å². The number of hydrogen-bond acceptors (Lipinski definition) is 3. The van der Waals surface area contributed by atoms with Gasteiger partial charge in [-0.15, -0.1) is 0 Å². The van der Waals surface area contributed by atoms with Gasteiger partial charge in [-0.2, -0.15) is 0 Å². The van der Waals surface area contributed by atoms with Crippen molar-refractivity contribution in [3.8, 4) is 0 Å². The maximum atomic E-state index is 10.6. The second kappa shape index (κ2) is 7.09. The zero-order chi connectivity index (χ0) is 14.4. The molecule has 1 aliphatic rings. The number of hydrogen-bond donors (Lipinski definition) is 2. The number of aliphatic hydroxyl groups is 1. The molecule has 20 heavy (non-hydrogen) atoms. The van der Waals surface area contributed by atoms with Crippen LogP contribution in [0.25, 0.3) is 0 Å². The van der Waals surface area contributed by atoms with Crippen LogP contribution in [-0.4, -0.2) is 31.3 Å². The van der Waals surface area contributed by atoms with Gasteiger partial charge in [-0.3, -0.25) is 0 Å². The highest BCUT2D eigenvalue weighted by Crippen LogP contribution is 2.26. The van der Waals surface area contributed by atoms with E-state index in [0.717, 1.165) is 32.2 Å². The quantitative estimate of drug-likeness (QED) is 0.812. The Hall–Kier alpha value is -1.06. The van der Waals surface area contributed by atoms with Crippen LogP contribution in [0.5, 0.6) is 0 Å². The third kappa shape index (κ3) is 4.50. The summed E-state index contributed by atoms with van der Waals surface area (Å²) in [5, 5.41) is 14.0. The van der Waals surface area contributed by atoms with E-state index in [9.17, 15) is 5.11 Å². The van der Waals surface area contributed by atoms with E-state index < -0.39 is 5.60 Å². The van der Waals surface area contributed by atoms with E-state index in [0.29, 0.717) is 6.54 Å². The summed E-state index contributed by atoms with van der Waals surface area (Å²) in [4.78, 5) is 2.10. The van der Waals surface area contributed by atoms with Crippen molar-refractivity contribution in [3.63, 3.8) is 0 Å². The minimum Gasteiger partial charge on any atom is -0.389 e. The summed E-state index contributed by atoms with van der Waals surface area (Å²) in [6.07, 6.45) is 6.76. The second-order valence-electron chi connectivity index (χ2n) is 6.30. The van der Waals surface area contributed by atoms with E-state index in [1.54, 1.807) is 0 Å². The number of benzene rings is 1. The third-order valence-corrected chi connectivity index (χ3v) is 4.27. The molecule has 3 heteroatoms. The lowest BCUT2D eigenvalue weighted by molar-refractivity contribution is 0.0250. The molecule has 0 amide bonds. The zero-order valence-electron chi connectivity index (χ0n) is 12.9. The predicted octanol–water partition coefficient (Wildman–Crippen LogP) is 2.93. The van der Waals surface area contributed by atoms with Gasteiger partial charge in [0, 0.05) is 32.9 Å². The van der Waals surface area contributed by atoms with Crippen LogP contribution in [0.2, 0.25) is 0 Å². The summed E-state index contributed by atoms with van der Waals surface area (Å²) in [5.74, 6) is 0. The van der Waals surface area contributed by atoms with Crippen molar-refractivity contribution < 1.29 is 5.11 Å². The van der Waals surface area contributed by atoms with Crippen LogP contribution >= 0.6 is 0 Å². The molecule has 0 unspecified atom stereocenters. The molecule has 0 bridgehead atoms. The fourth-order valence-corrected chi connectivity index (χ4v) is 2.91. The number of nitrogens with one attached hydrogen (secondary N) is 1. The molecule has 0 radical (unpaired) electrons. The minimum absolute atomic E-state index is 0.486. The van der Waals surface area contributed by atoms with Crippen LogP contribution in [0.4, 0.5) is 5.69 Å². The first-order valence-electron chi connectivity index (χ1n) is 7.78. The van der Waals surface area contributed by atoms with Gasteiger partial charge in [-0.1, -0.05) is 37.8 Å². The second-order valence-corrected chi connectivity index (χ2v) is 6.30.